The number of aromatic nitrogens is 2. The Kier molecular flexibility index (Phi) is 4.55. The summed E-state index contributed by atoms with van der Waals surface area (Å²) in [6.45, 7) is 1.00. The molecule has 0 amide bonds. The van der Waals surface area contributed by atoms with Gasteiger partial charge in [-0.2, -0.15) is 18.3 Å². The molecule has 0 unspecified atom stereocenters. The van der Waals surface area contributed by atoms with E-state index in [1.54, 1.807) is 0 Å². The van der Waals surface area contributed by atoms with Crippen LogP contribution in [0, 0.1) is 0 Å². The third-order valence-corrected chi connectivity index (χ3v) is 2.48. The molecule has 0 aromatic carbocycles. The SMILES string of the molecule is CCCNc1c(Br)cnn(CC(F)(F)F)c1=O. The summed E-state index contributed by atoms with van der Waals surface area (Å²) in [6.07, 6.45) is -2.54. The molecule has 0 fully saturated rings. The van der Waals surface area contributed by atoms with Gasteiger partial charge in [0, 0.05) is 6.54 Å². The standard InChI is InChI=1S/C9H11BrF3N3O/c1-2-3-14-7-6(10)4-15-16(8(7)17)5-9(11,12)13/h4,14H,2-3,5H2,1H3. The van der Waals surface area contributed by atoms with E-state index in [9.17, 15) is 18.0 Å². The first kappa shape index (κ1) is 14.0. The van der Waals surface area contributed by atoms with Gasteiger partial charge in [0.15, 0.2) is 0 Å². The van der Waals surface area contributed by atoms with E-state index in [1.807, 2.05) is 6.92 Å². The Balaban J connectivity index is 3.06. The van der Waals surface area contributed by atoms with E-state index in [0.29, 0.717) is 15.7 Å². The van der Waals surface area contributed by atoms with Crippen molar-refractivity contribution in [2.24, 2.45) is 0 Å². The van der Waals surface area contributed by atoms with Gasteiger partial charge in [-0.1, -0.05) is 6.92 Å². The van der Waals surface area contributed by atoms with E-state index in [0.717, 1.165) is 6.42 Å². The maximum atomic E-state index is 12.2. The lowest BCUT2D eigenvalue weighted by molar-refractivity contribution is -0.143. The molecular formula is C9H11BrF3N3O. The topological polar surface area (TPSA) is 46.9 Å². The maximum absolute atomic E-state index is 12.2. The molecule has 1 N–H and O–H groups in total. The highest BCUT2D eigenvalue weighted by Gasteiger charge is 2.29. The van der Waals surface area contributed by atoms with Crippen LogP contribution >= 0.6 is 15.9 Å². The lowest BCUT2D eigenvalue weighted by atomic mass is 10.4. The van der Waals surface area contributed by atoms with Gasteiger partial charge in [-0.05, 0) is 22.4 Å². The first-order valence-electron chi connectivity index (χ1n) is 4.91. The number of hydrogen-bond donors (Lipinski definition) is 1. The van der Waals surface area contributed by atoms with E-state index in [2.05, 4.69) is 26.3 Å². The molecule has 1 heterocycles. The van der Waals surface area contributed by atoms with Crippen molar-refractivity contribution in [3.05, 3.63) is 21.0 Å². The Bertz CT molecular complexity index is 444. The number of anilines is 1. The maximum Gasteiger partial charge on any atom is 0.408 e. The lowest BCUT2D eigenvalue weighted by Gasteiger charge is -2.11. The molecule has 0 spiro atoms. The number of rotatable bonds is 4. The van der Waals surface area contributed by atoms with Gasteiger partial charge < -0.3 is 5.32 Å². The predicted octanol–water partition coefficient (Wildman–Crippen LogP) is 2.39. The number of nitrogens with zero attached hydrogens (tertiary/aromatic N) is 2. The quantitative estimate of drug-likeness (QED) is 0.928. The molecule has 4 nitrogen and oxygen atoms in total. The average Bonchev–Trinajstić information content (AvgIpc) is 2.21. The first-order valence-corrected chi connectivity index (χ1v) is 5.70. The molecule has 0 saturated heterocycles. The molecule has 0 aliphatic rings. The predicted molar refractivity (Wildman–Crippen MR) is 61.0 cm³/mol. The molecule has 0 atom stereocenters. The van der Waals surface area contributed by atoms with E-state index in [-0.39, 0.29) is 5.69 Å². The van der Waals surface area contributed by atoms with Crippen LogP contribution in [0.3, 0.4) is 0 Å². The summed E-state index contributed by atoms with van der Waals surface area (Å²) >= 11 is 3.07. The third kappa shape index (κ3) is 4.03. The van der Waals surface area contributed by atoms with Crippen LogP contribution in [0.5, 0.6) is 0 Å². The molecular weight excluding hydrogens is 303 g/mol. The van der Waals surface area contributed by atoms with Gasteiger partial charge in [0.25, 0.3) is 5.56 Å². The van der Waals surface area contributed by atoms with Crippen LogP contribution in [-0.2, 0) is 6.54 Å². The van der Waals surface area contributed by atoms with Crippen LogP contribution in [0.25, 0.3) is 0 Å². The molecule has 0 aliphatic heterocycles. The zero-order valence-corrected chi connectivity index (χ0v) is 10.6. The van der Waals surface area contributed by atoms with E-state index in [1.165, 1.54) is 6.20 Å². The summed E-state index contributed by atoms with van der Waals surface area (Å²) < 4.78 is 37.3. The normalized spacial score (nSPS) is 11.6. The van der Waals surface area contributed by atoms with Crippen molar-refractivity contribution in [1.82, 2.24) is 9.78 Å². The zero-order valence-electron chi connectivity index (χ0n) is 9.01. The highest BCUT2D eigenvalue weighted by atomic mass is 79.9. The van der Waals surface area contributed by atoms with Gasteiger partial charge in [-0.3, -0.25) is 4.79 Å². The highest BCUT2D eigenvalue weighted by molar-refractivity contribution is 9.10. The summed E-state index contributed by atoms with van der Waals surface area (Å²) in [6, 6.07) is 0. The van der Waals surface area contributed by atoms with Crippen LogP contribution in [0.15, 0.2) is 15.5 Å². The van der Waals surface area contributed by atoms with Crippen molar-refractivity contribution < 1.29 is 13.2 Å². The highest BCUT2D eigenvalue weighted by Crippen LogP contribution is 2.19. The third-order valence-electron chi connectivity index (χ3n) is 1.88. The van der Waals surface area contributed by atoms with Crippen molar-refractivity contribution in [3.8, 4) is 0 Å². The fraction of sp³-hybridized carbons (Fsp3) is 0.556. The van der Waals surface area contributed by atoms with E-state index < -0.39 is 18.3 Å². The van der Waals surface area contributed by atoms with Crippen LogP contribution in [0.1, 0.15) is 13.3 Å². The molecule has 1 rings (SSSR count). The minimum absolute atomic E-state index is 0.103. The summed E-state index contributed by atoms with van der Waals surface area (Å²) in [7, 11) is 0. The second kappa shape index (κ2) is 5.52. The number of hydrogen-bond acceptors (Lipinski definition) is 3. The fourth-order valence-electron chi connectivity index (χ4n) is 1.16. The van der Waals surface area contributed by atoms with Gasteiger partial charge in [0.2, 0.25) is 0 Å². The summed E-state index contributed by atoms with van der Waals surface area (Å²) in [5, 5.41) is 6.20. The molecule has 17 heavy (non-hydrogen) atoms. The van der Waals surface area contributed by atoms with E-state index in [4.69, 9.17) is 0 Å². The van der Waals surface area contributed by atoms with Crippen molar-refractivity contribution in [3.63, 3.8) is 0 Å². The monoisotopic (exact) mass is 313 g/mol. The second-order valence-corrected chi connectivity index (χ2v) is 4.23. The molecule has 0 aliphatic carbocycles. The average molecular weight is 314 g/mol. The van der Waals surface area contributed by atoms with Crippen LogP contribution in [0.2, 0.25) is 0 Å². The van der Waals surface area contributed by atoms with Crippen LogP contribution in [0.4, 0.5) is 18.9 Å². The van der Waals surface area contributed by atoms with Gasteiger partial charge in [-0.15, -0.1) is 0 Å². The van der Waals surface area contributed by atoms with Crippen molar-refractivity contribution in [1.29, 1.82) is 0 Å². The minimum atomic E-state index is -4.47. The Morgan fingerprint density at radius 2 is 2.18 bits per heavy atom. The molecule has 1 aromatic heterocycles. The number of halogens is 4. The van der Waals surface area contributed by atoms with Gasteiger partial charge in [-0.25, -0.2) is 4.68 Å². The Morgan fingerprint density at radius 1 is 1.53 bits per heavy atom. The molecule has 96 valence electrons. The summed E-state index contributed by atoms with van der Waals surface area (Å²) in [5.74, 6) is 0. The van der Waals surface area contributed by atoms with Crippen LogP contribution < -0.4 is 10.9 Å². The lowest BCUT2D eigenvalue weighted by Crippen LogP contribution is -2.32. The molecule has 0 radical (unpaired) electrons. The van der Waals surface area contributed by atoms with Crippen molar-refractivity contribution >= 4 is 21.6 Å². The first-order chi connectivity index (χ1) is 7.85. The fourth-order valence-corrected chi connectivity index (χ4v) is 1.56. The Hall–Kier alpha value is -1.05. The van der Waals surface area contributed by atoms with Gasteiger partial charge >= 0.3 is 6.18 Å². The summed E-state index contributed by atoms with van der Waals surface area (Å²) in [4.78, 5) is 11.7. The molecule has 8 heteroatoms. The molecule has 1 aromatic rings. The smallest absolute Gasteiger partial charge is 0.380 e. The Labute approximate surface area is 104 Å². The second-order valence-electron chi connectivity index (χ2n) is 3.37. The van der Waals surface area contributed by atoms with Crippen molar-refractivity contribution in [2.75, 3.05) is 11.9 Å². The van der Waals surface area contributed by atoms with E-state index >= 15 is 0 Å². The molecule has 0 saturated carbocycles. The van der Waals surface area contributed by atoms with Gasteiger partial charge in [0.1, 0.15) is 12.2 Å². The summed E-state index contributed by atoms with van der Waals surface area (Å²) in [5.41, 5.74) is -0.684. The van der Waals surface area contributed by atoms with Crippen LogP contribution in [-0.4, -0.2) is 22.5 Å². The van der Waals surface area contributed by atoms with Crippen molar-refractivity contribution in [2.45, 2.75) is 26.1 Å². The number of nitrogens with one attached hydrogen (secondary N) is 1. The Morgan fingerprint density at radius 3 is 2.71 bits per heavy atom. The zero-order chi connectivity index (χ0) is 13.1. The van der Waals surface area contributed by atoms with Gasteiger partial charge in [0.05, 0.1) is 10.7 Å². The minimum Gasteiger partial charge on any atom is -0.380 e. The largest absolute Gasteiger partial charge is 0.408 e. The molecule has 0 bridgehead atoms. The number of alkyl halides is 3.